The van der Waals surface area contributed by atoms with Gasteiger partial charge in [0.15, 0.2) is 0 Å². The summed E-state index contributed by atoms with van der Waals surface area (Å²) in [4.78, 5) is 11.0. The Bertz CT molecular complexity index is 875. The molecule has 2 atom stereocenters. The number of thioether (sulfide) groups is 1. The summed E-state index contributed by atoms with van der Waals surface area (Å²) in [5.41, 5.74) is 8.61. The second-order valence-electron chi connectivity index (χ2n) is 6.46. The first-order valence-corrected chi connectivity index (χ1v) is 9.51. The molecule has 1 heterocycles. The Kier molecular flexibility index (Phi) is 5.92. The van der Waals surface area contributed by atoms with Gasteiger partial charge in [0, 0.05) is 5.75 Å². The highest BCUT2D eigenvalue weighted by atomic mass is 32.2. The highest BCUT2D eigenvalue weighted by Gasteiger charge is 2.20. The van der Waals surface area contributed by atoms with Crippen molar-refractivity contribution >= 4 is 17.7 Å². The van der Waals surface area contributed by atoms with Gasteiger partial charge in [-0.2, -0.15) is 4.68 Å². The number of carbonyl (C=O) groups is 1. The number of allylic oxidation sites excluding steroid dienone is 2. The lowest BCUT2D eigenvalue weighted by atomic mass is 9.86. The molecule has 1 aromatic heterocycles. The first-order chi connectivity index (χ1) is 12.9. The zero-order valence-corrected chi connectivity index (χ0v) is 15.6. The molecule has 0 aliphatic heterocycles. The number of benzene rings is 1. The van der Waals surface area contributed by atoms with Crippen LogP contribution in [0.5, 0.6) is 5.75 Å². The Morgan fingerprint density at radius 1 is 1.41 bits per heavy atom. The van der Waals surface area contributed by atoms with Gasteiger partial charge in [0.25, 0.3) is 0 Å². The van der Waals surface area contributed by atoms with Crippen molar-refractivity contribution in [2.45, 2.75) is 31.0 Å². The van der Waals surface area contributed by atoms with Gasteiger partial charge < -0.3 is 15.9 Å². The van der Waals surface area contributed by atoms with Crippen molar-refractivity contribution in [2.24, 2.45) is 11.7 Å². The van der Waals surface area contributed by atoms with Crippen LogP contribution < -0.4 is 5.73 Å². The molecule has 0 amide bonds. The number of carboxylic acids is 1. The zero-order chi connectivity index (χ0) is 19.4. The smallest absolute Gasteiger partial charge is 0.320 e. The van der Waals surface area contributed by atoms with E-state index in [0.29, 0.717) is 17.3 Å². The lowest BCUT2D eigenvalue weighted by molar-refractivity contribution is -0.138. The molecule has 2 aromatic rings. The van der Waals surface area contributed by atoms with Crippen molar-refractivity contribution < 1.29 is 15.0 Å². The van der Waals surface area contributed by atoms with Crippen LogP contribution in [0.1, 0.15) is 19.8 Å². The number of phenolic OH excluding ortho intramolecular Hbond substituents is 1. The topological polar surface area (TPSA) is 127 Å². The van der Waals surface area contributed by atoms with Crippen LogP contribution in [0.25, 0.3) is 5.69 Å². The standard InChI is InChI=1S/C18H21N5O3S/c1-11-2-3-12(8-13(11)9-16(19)17(25)26)10-27-18-20-21-22-23(18)14-4-6-15(24)7-5-14/h3-8,11,16,24H,2,9-10,19H2,1H3,(H,25,26). The van der Waals surface area contributed by atoms with Crippen LogP contribution in [-0.4, -0.2) is 48.2 Å². The van der Waals surface area contributed by atoms with E-state index in [1.165, 1.54) is 11.8 Å². The molecule has 0 spiro atoms. The van der Waals surface area contributed by atoms with E-state index in [1.807, 2.05) is 6.08 Å². The lowest BCUT2D eigenvalue weighted by Crippen LogP contribution is -2.31. The number of rotatable bonds is 7. The Morgan fingerprint density at radius 3 is 2.85 bits per heavy atom. The summed E-state index contributed by atoms with van der Waals surface area (Å²) in [6, 6.07) is 5.76. The number of carboxylic acid groups (broad SMARTS) is 1. The highest BCUT2D eigenvalue weighted by Crippen LogP contribution is 2.30. The normalized spacial score (nSPS) is 17.9. The van der Waals surface area contributed by atoms with Gasteiger partial charge in [-0.1, -0.05) is 36.4 Å². The largest absolute Gasteiger partial charge is 0.508 e. The number of nitrogens with two attached hydrogens (primary N) is 1. The van der Waals surface area contributed by atoms with Gasteiger partial charge in [-0.3, -0.25) is 4.79 Å². The molecule has 2 unspecified atom stereocenters. The molecule has 9 heteroatoms. The average molecular weight is 387 g/mol. The summed E-state index contributed by atoms with van der Waals surface area (Å²) in [5, 5.41) is 30.9. The molecule has 8 nitrogen and oxygen atoms in total. The van der Waals surface area contributed by atoms with Crippen LogP contribution in [0.2, 0.25) is 0 Å². The molecule has 0 bridgehead atoms. The molecule has 1 aliphatic rings. The van der Waals surface area contributed by atoms with Gasteiger partial charge in [-0.25, -0.2) is 0 Å². The molecule has 0 radical (unpaired) electrons. The Hall–Kier alpha value is -2.65. The maximum absolute atomic E-state index is 11.0. The number of nitrogens with zero attached hydrogens (tertiary/aromatic N) is 4. The van der Waals surface area contributed by atoms with Crippen LogP contribution in [0.4, 0.5) is 0 Å². The quantitative estimate of drug-likeness (QED) is 0.617. The third-order valence-corrected chi connectivity index (χ3v) is 5.40. The van der Waals surface area contributed by atoms with E-state index in [-0.39, 0.29) is 11.7 Å². The molecule has 0 saturated carbocycles. The molecule has 27 heavy (non-hydrogen) atoms. The maximum Gasteiger partial charge on any atom is 0.320 e. The first-order valence-electron chi connectivity index (χ1n) is 8.52. The molecule has 1 aliphatic carbocycles. The molecular formula is C18H21N5O3S. The Morgan fingerprint density at radius 2 is 2.15 bits per heavy atom. The molecule has 0 fully saturated rings. The predicted molar refractivity (Wildman–Crippen MR) is 102 cm³/mol. The third kappa shape index (κ3) is 4.75. The number of aromatic nitrogens is 4. The SMILES string of the molecule is CC1CC=C(CSc2nnnn2-c2ccc(O)cc2)C=C1CC(N)C(=O)O. The van der Waals surface area contributed by atoms with Crippen LogP contribution in [0.15, 0.2) is 52.7 Å². The summed E-state index contributed by atoms with van der Waals surface area (Å²) in [7, 11) is 0. The van der Waals surface area contributed by atoms with Crippen molar-refractivity contribution in [3.8, 4) is 11.4 Å². The fraction of sp³-hybridized carbons (Fsp3) is 0.333. The van der Waals surface area contributed by atoms with Crippen LogP contribution in [-0.2, 0) is 4.79 Å². The molecular weight excluding hydrogens is 366 g/mol. The first kappa shape index (κ1) is 19.1. The van der Waals surface area contributed by atoms with Gasteiger partial charge in [0.05, 0.1) is 5.69 Å². The van der Waals surface area contributed by atoms with E-state index in [9.17, 15) is 9.90 Å². The van der Waals surface area contributed by atoms with Crippen molar-refractivity contribution in [1.29, 1.82) is 0 Å². The van der Waals surface area contributed by atoms with E-state index in [1.54, 1.807) is 28.9 Å². The molecule has 0 saturated heterocycles. The number of tetrazole rings is 1. The summed E-state index contributed by atoms with van der Waals surface area (Å²) >= 11 is 1.49. The zero-order valence-electron chi connectivity index (χ0n) is 14.8. The van der Waals surface area contributed by atoms with Gasteiger partial charge in [-0.15, -0.1) is 5.10 Å². The summed E-state index contributed by atoms with van der Waals surface area (Å²) in [5.74, 6) is 0.143. The van der Waals surface area contributed by atoms with Crippen LogP contribution in [0, 0.1) is 5.92 Å². The fourth-order valence-corrected chi connectivity index (χ4v) is 3.65. The van der Waals surface area contributed by atoms with Crippen molar-refractivity contribution in [3.05, 3.63) is 47.6 Å². The van der Waals surface area contributed by atoms with Gasteiger partial charge >= 0.3 is 5.97 Å². The monoisotopic (exact) mass is 387 g/mol. The van der Waals surface area contributed by atoms with Crippen LogP contribution in [0.3, 0.4) is 0 Å². The van der Waals surface area contributed by atoms with Gasteiger partial charge in [0.1, 0.15) is 11.8 Å². The van der Waals surface area contributed by atoms with E-state index in [0.717, 1.165) is 23.3 Å². The summed E-state index contributed by atoms with van der Waals surface area (Å²) < 4.78 is 1.61. The van der Waals surface area contributed by atoms with Crippen molar-refractivity contribution in [3.63, 3.8) is 0 Å². The number of hydrogen-bond donors (Lipinski definition) is 3. The van der Waals surface area contributed by atoms with Crippen molar-refractivity contribution in [1.82, 2.24) is 20.2 Å². The van der Waals surface area contributed by atoms with Gasteiger partial charge in [0.2, 0.25) is 5.16 Å². The average Bonchev–Trinajstić information content (AvgIpc) is 3.11. The Labute approximate surface area is 160 Å². The van der Waals surface area contributed by atoms with E-state index < -0.39 is 12.0 Å². The maximum atomic E-state index is 11.0. The molecule has 1 aromatic carbocycles. The summed E-state index contributed by atoms with van der Waals surface area (Å²) in [6.45, 7) is 2.08. The van der Waals surface area contributed by atoms with E-state index in [4.69, 9.17) is 10.8 Å². The van der Waals surface area contributed by atoms with Gasteiger partial charge in [-0.05, 0) is 59.0 Å². The second-order valence-corrected chi connectivity index (χ2v) is 7.40. The minimum absolute atomic E-state index is 0.180. The highest BCUT2D eigenvalue weighted by molar-refractivity contribution is 7.99. The minimum Gasteiger partial charge on any atom is -0.508 e. The number of aliphatic carboxylic acids is 1. The predicted octanol–water partition coefficient (Wildman–Crippen LogP) is 2.15. The second kappa shape index (κ2) is 8.36. The Balaban J connectivity index is 1.68. The van der Waals surface area contributed by atoms with E-state index in [2.05, 4.69) is 28.5 Å². The molecule has 4 N–H and O–H groups in total. The number of aromatic hydroxyl groups is 1. The van der Waals surface area contributed by atoms with Crippen LogP contribution >= 0.6 is 11.8 Å². The van der Waals surface area contributed by atoms with Crippen molar-refractivity contribution in [2.75, 3.05) is 5.75 Å². The minimum atomic E-state index is -0.985. The lowest BCUT2D eigenvalue weighted by Gasteiger charge is -2.22. The number of hydrogen-bond acceptors (Lipinski definition) is 7. The third-order valence-electron chi connectivity index (χ3n) is 4.41. The number of phenols is 1. The molecule has 3 rings (SSSR count). The fourth-order valence-electron chi connectivity index (χ4n) is 2.79. The summed E-state index contributed by atoms with van der Waals surface area (Å²) in [6.07, 6.45) is 5.40. The van der Waals surface area contributed by atoms with E-state index >= 15 is 0 Å². The molecule has 142 valence electrons.